The molecule has 0 unspecified atom stereocenters. The third kappa shape index (κ3) is 2.78. The van der Waals surface area contributed by atoms with Gasteiger partial charge in [0.1, 0.15) is 0 Å². The van der Waals surface area contributed by atoms with Crippen LogP contribution in [0.4, 0.5) is 5.82 Å². The topological polar surface area (TPSA) is 56.7 Å². The summed E-state index contributed by atoms with van der Waals surface area (Å²) in [5.74, 6) is 0.505. The van der Waals surface area contributed by atoms with Crippen LogP contribution >= 0.6 is 0 Å². The van der Waals surface area contributed by atoms with Crippen molar-refractivity contribution < 1.29 is 0 Å². The van der Waals surface area contributed by atoms with E-state index in [1.165, 1.54) is 5.56 Å². The second-order valence-electron chi connectivity index (χ2n) is 5.90. The van der Waals surface area contributed by atoms with E-state index in [1.807, 2.05) is 4.68 Å². The Morgan fingerprint density at radius 2 is 1.79 bits per heavy atom. The SMILES string of the molecule is CCCc1ccc(-n2nnc(N)c2C(C)(C)C)cc1. The molecule has 0 fully saturated rings. The summed E-state index contributed by atoms with van der Waals surface area (Å²) in [7, 11) is 0. The molecule has 0 radical (unpaired) electrons. The van der Waals surface area contributed by atoms with Crippen LogP contribution in [0.5, 0.6) is 0 Å². The summed E-state index contributed by atoms with van der Waals surface area (Å²) in [4.78, 5) is 0. The summed E-state index contributed by atoms with van der Waals surface area (Å²) in [5.41, 5.74) is 9.17. The first kappa shape index (κ1) is 13.6. The maximum absolute atomic E-state index is 5.95. The maximum atomic E-state index is 5.95. The summed E-state index contributed by atoms with van der Waals surface area (Å²) >= 11 is 0. The molecule has 2 N–H and O–H groups in total. The third-order valence-electron chi connectivity index (χ3n) is 3.13. The number of nitrogens with zero attached hydrogens (tertiary/aromatic N) is 3. The van der Waals surface area contributed by atoms with E-state index in [-0.39, 0.29) is 5.41 Å². The lowest BCUT2D eigenvalue weighted by molar-refractivity contribution is 0.544. The second kappa shape index (κ2) is 5.03. The highest BCUT2D eigenvalue weighted by molar-refractivity contribution is 5.44. The molecule has 0 aliphatic heterocycles. The highest BCUT2D eigenvalue weighted by atomic mass is 15.4. The molecule has 0 saturated heterocycles. The third-order valence-corrected chi connectivity index (χ3v) is 3.13. The van der Waals surface area contributed by atoms with Gasteiger partial charge in [0.25, 0.3) is 0 Å². The Balaban J connectivity index is 2.42. The number of anilines is 1. The van der Waals surface area contributed by atoms with E-state index in [2.05, 4.69) is 62.3 Å². The first-order chi connectivity index (χ1) is 8.93. The molecule has 2 aromatic rings. The number of benzene rings is 1. The molecule has 0 atom stereocenters. The number of aromatic nitrogens is 3. The molecule has 4 nitrogen and oxygen atoms in total. The zero-order valence-corrected chi connectivity index (χ0v) is 12.1. The van der Waals surface area contributed by atoms with Crippen molar-refractivity contribution in [2.24, 2.45) is 0 Å². The largest absolute Gasteiger partial charge is 0.381 e. The van der Waals surface area contributed by atoms with Crippen molar-refractivity contribution in [2.75, 3.05) is 5.73 Å². The molecule has 0 bridgehead atoms. The van der Waals surface area contributed by atoms with Gasteiger partial charge in [0, 0.05) is 5.41 Å². The zero-order valence-electron chi connectivity index (χ0n) is 12.1. The molecular formula is C15H22N4. The lowest BCUT2D eigenvalue weighted by Gasteiger charge is -2.20. The minimum absolute atomic E-state index is 0.0876. The normalized spacial score (nSPS) is 11.8. The van der Waals surface area contributed by atoms with Crippen molar-refractivity contribution in [1.29, 1.82) is 0 Å². The van der Waals surface area contributed by atoms with Gasteiger partial charge in [-0.15, -0.1) is 5.10 Å². The standard InChI is InChI=1S/C15H22N4/c1-5-6-11-7-9-12(10-8-11)19-13(15(2,3)4)14(16)17-18-19/h7-10H,5-6,16H2,1-4H3. The Bertz CT molecular complexity index is 547. The number of nitrogens with two attached hydrogens (primary N) is 1. The number of hydrogen-bond donors (Lipinski definition) is 1. The van der Waals surface area contributed by atoms with Gasteiger partial charge in [0.15, 0.2) is 5.82 Å². The summed E-state index contributed by atoms with van der Waals surface area (Å²) in [6.45, 7) is 8.53. The van der Waals surface area contributed by atoms with Crippen LogP contribution in [0.3, 0.4) is 0 Å². The summed E-state index contributed by atoms with van der Waals surface area (Å²) in [6.07, 6.45) is 2.26. The molecule has 0 amide bonds. The summed E-state index contributed by atoms with van der Waals surface area (Å²) in [5, 5.41) is 8.18. The van der Waals surface area contributed by atoms with Crippen molar-refractivity contribution >= 4 is 5.82 Å². The number of nitrogen functional groups attached to an aromatic ring is 1. The monoisotopic (exact) mass is 258 g/mol. The van der Waals surface area contributed by atoms with Crippen LogP contribution in [0.25, 0.3) is 5.69 Å². The molecule has 2 rings (SSSR count). The molecule has 102 valence electrons. The zero-order chi connectivity index (χ0) is 14.0. The fraction of sp³-hybridized carbons (Fsp3) is 0.467. The fourth-order valence-electron chi connectivity index (χ4n) is 2.27. The Morgan fingerprint density at radius 1 is 1.16 bits per heavy atom. The van der Waals surface area contributed by atoms with Crippen LogP contribution < -0.4 is 5.73 Å². The van der Waals surface area contributed by atoms with Gasteiger partial charge in [-0.1, -0.05) is 51.5 Å². The van der Waals surface area contributed by atoms with Crippen molar-refractivity contribution in [3.63, 3.8) is 0 Å². The molecular weight excluding hydrogens is 236 g/mol. The highest BCUT2D eigenvalue weighted by Gasteiger charge is 2.24. The van der Waals surface area contributed by atoms with E-state index in [1.54, 1.807) is 0 Å². The quantitative estimate of drug-likeness (QED) is 0.920. The highest BCUT2D eigenvalue weighted by Crippen LogP contribution is 2.28. The average Bonchev–Trinajstić information content (AvgIpc) is 2.72. The van der Waals surface area contributed by atoms with E-state index in [9.17, 15) is 0 Å². The van der Waals surface area contributed by atoms with Crippen molar-refractivity contribution in [1.82, 2.24) is 15.0 Å². The second-order valence-corrected chi connectivity index (χ2v) is 5.90. The van der Waals surface area contributed by atoms with Crippen molar-refractivity contribution in [2.45, 2.75) is 46.0 Å². The molecule has 0 saturated carbocycles. The van der Waals surface area contributed by atoms with Gasteiger partial charge < -0.3 is 5.73 Å². The molecule has 0 aliphatic rings. The van der Waals surface area contributed by atoms with Crippen LogP contribution in [0.2, 0.25) is 0 Å². The van der Waals surface area contributed by atoms with Gasteiger partial charge >= 0.3 is 0 Å². The Morgan fingerprint density at radius 3 is 2.32 bits per heavy atom. The number of rotatable bonds is 3. The van der Waals surface area contributed by atoms with Crippen LogP contribution in [-0.2, 0) is 11.8 Å². The van der Waals surface area contributed by atoms with Gasteiger partial charge in [0.05, 0.1) is 11.4 Å². The van der Waals surface area contributed by atoms with E-state index in [0.29, 0.717) is 5.82 Å². The van der Waals surface area contributed by atoms with Crippen LogP contribution in [-0.4, -0.2) is 15.0 Å². The van der Waals surface area contributed by atoms with Crippen LogP contribution in [0.1, 0.15) is 45.4 Å². The van der Waals surface area contributed by atoms with Crippen molar-refractivity contribution in [3.05, 3.63) is 35.5 Å². The smallest absolute Gasteiger partial charge is 0.170 e. The van der Waals surface area contributed by atoms with Gasteiger partial charge in [-0.2, -0.15) is 0 Å². The van der Waals surface area contributed by atoms with Gasteiger partial charge in [-0.25, -0.2) is 4.68 Å². The van der Waals surface area contributed by atoms with Gasteiger partial charge in [-0.3, -0.25) is 0 Å². The lowest BCUT2D eigenvalue weighted by atomic mass is 9.91. The van der Waals surface area contributed by atoms with E-state index >= 15 is 0 Å². The number of aryl methyl sites for hydroxylation is 1. The van der Waals surface area contributed by atoms with E-state index in [4.69, 9.17) is 5.73 Å². The molecule has 0 aliphatic carbocycles. The predicted octanol–water partition coefficient (Wildman–Crippen LogP) is 3.10. The van der Waals surface area contributed by atoms with Gasteiger partial charge in [0.2, 0.25) is 0 Å². The summed E-state index contributed by atoms with van der Waals surface area (Å²) < 4.78 is 1.84. The predicted molar refractivity (Wildman–Crippen MR) is 78.5 cm³/mol. The van der Waals surface area contributed by atoms with E-state index in [0.717, 1.165) is 24.2 Å². The van der Waals surface area contributed by atoms with Gasteiger partial charge in [-0.05, 0) is 24.1 Å². The number of hydrogen-bond acceptors (Lipinski definition) is 3. The van der Waals surface area contributed by atoms with Crippen LogP contribution in [0, 0.1) is 0 Å². The molecule has 0 spiro atoms. The van der Waals surface area contributed by atoms with E-state index < -0.39 is 0 Å². The Labute approximate surface area is 114 Å². The maximum Gasteiger partial charge on any atom is 0.170 e. The minimum Gasteiger partial charge on any atom is -0.381 e. The molecule has 19 heavy (non-hydrogen) atoms. The molecule has 1 aromatic carbocycles. The van der Waals surface area contributed by atoms with Crippen molar-refractivity contribution in [3.8, 4) is 5.69 Å². The minimum atomic E-state index is -0.0876. The first-order valence-corrected chi connectivity index (χ1v) is 6.74. The molecule has 1 heterocycles. The van der Waals surface area contributed by atoms with Crippen LogP contribution in [0.15, 0.2) is 24.3 Å². The Kier molecular flexibility index (Phi) is 3.60. The fourth-order valence-corrected chi connectivity index (χ4v) is 2.27. The lowest BCUT2D eigenvalue weighted by Crippen LogP contribution is -2.19. The molecule has 4 heteroatoms. The first-order valence-electron chi connectivity index (χ1n) is 6.74. The Hall–Kier alpha value is -1.84. The average molecular weight is 258 g/mol. The molecule has 1 aromatic heterocycles. The summed E-state index contributed by atoms with van der Waals surface area (Å²) in [6, 6.07) is 8.44.